The number of carboxylic acids is 1. The molecule has 0 saturated carbocycles. The molecule has 0 rings (SSSR count). The van der Waals surface area contributed by atoms with Gasteiger partial charge in [0.1, 0.15) is 0 Å². The quantitative estimate of drug-likeness (QED) is 0.626. The molecule has 0 aliphatic heterocycles. The average molecular weight is 174 g/mol. The highest BCUT2D eigenvalue weighted by Gasteiger charge is 2.20. The third-order valence-corrected chi connectivity index (χ3v) is 1.83. The van der Waals surface area contributed by atoms with Crippen molar-refractivity contribution in [3.8, 4) is 0 Å². The first-order chi connectivity index (χ1) is 5.48. The van der Waals surface area contributed by atoms with Gasteiger partial charge < -0.3 is 9.84 Å². The molecule has 0 fully saturated rings. The lowest BCUT2D eigenvalue weighted by Crippen LogP contribution is -2.17. The van der Waals surface area contributed by atoms with Gasteiger partial charge in [0, 0.05) is 13.7 Å². The Morgan fingerprint density at radius 3 is 2.50 bits per heavy atom. The van der Waals surface area contributed by atoms with Gasteiger partial charge in [-0.3, -0.25) is 4.79 Å². The topological polar surface area (TPSA) is 46.5 Å². The summed E-state index contributed by atoms with van der Waals surface area (Å²) in [6.07, 6.45) is 2.06. The molecule has 3 heteroatoms. The maximum atomic E-state index is 10.4. The Bertz CT molecular complexity index is 141. The zero-order valence-electron chi connectivity index (χ0n) is 8.09. The minimum atomic E-state index is -0.725. The number of carboxylic acid groups (broad SMARTS) is 1. The Morgan fingerprint density at radius 2 is 2.08 bits per heavy atom. The second kappa shape index (κ2) is 5.14. The highest BCUT2D eigenvalue weighted by Crippen LogP contribution is 2.26. The maximum Gasteiger partial charge on any atom is 0.303 e. The number of rotatable bonds is 6. The van der Waals surface area contributed by atoms with Gasteiger partial charge in [-0.05, 0) is 18.3 Å². The van der Waals surface area contributed by atoms with Crippen LogP contribution in [0.3, 0.4) is 0 Å². The van der Waals surface area contributed by atoms with Crippen LogP contribution in [0.15, 0.2) is 0 Å². The van der Waals surface area contributed by atoms with Crippen LogP contribution >= 0.6 is 0 Å². The van der Waals surface area contributed by atoms with E-state index in [0.29, 0.717) is 6.61 Å². The molecule has 0 bridgehead atoms. The first kappa shape index (κ1) is 11.4. The lowest BCUT2D eigenvalue weighted by Gasteiger charge is -2.21. The minimum absolute atomic E-state index is 0.107. The Labute approximate surface area is 73.7 Å². The number of aliphatic carboxylic acids is 1. The molecule has 0 amide bonds. The van der Waals surface area contributed by atoms with E-state index in [2.05, 4.69) is 0 Å². The zero-order chi connectivity index (χ0) is 9.61. The number of hydrogen-bond acceptors (Lipinski definition) is 2. The molecular formula is C9H18O3. The fraction of sp³-hybridized carbons (Fsp3) is 0.889. The molecule has 0 aromatic rings. The van der Waals surface area contributed by atoms with E-state index in [1.807, 2.05) is 13.8 Å². The summed E-state index contributed by atoms with van der Waals surface area (Å²) in [7, 11) is 1.66. The van der Waals surface area contributed by atoms with Crippen LogP contribution in [0.25, 0.3) is 0 Å². The van der Waals surface area contributed by atoms with Crippen molar-refractivity contribution in [1.82, 2.24) is 0 Å². The largest absolute Gasteiger partial charge is 0.481 e. The van der Waals surface area contributed by atoms with Crippen molar-refractivity contribution < 1.29 is 14.6 Å². The summed E-state index contributed by atoms with van der Waals surface area (Å²) >= 11 is 0. The highest BCUT2D eigenvalue weighted by molar-refractivity contribution is 5.67. The van der Waals surface area contributed by atoms with Crippen LogP contribution in [0.4, 0.5) is 0 Å². The SMILES string of the molecule is COCCCC(C)(C)CC(=O)O. The number of carbonyl (C=O) groups is 1. The van der Waals surface area contributed by atoms with Crippen LogP contribution in [-0.2, 0) is 9.53 Å². The highest BCUT2D eigenvalue weighted by atomic mass is 16.5. The van der Waals surface area contributed by atoms with E-state index in [1.54, 1.807) is 7.11 Å². The molecule has 0 atom stereocenters. The van der Waals surface area contributed by atoms with Gasteiger partial charge in [-0.15, -0.1) is 0 Å². The van der Waals surface area contributed by atoms with Gasteiger partial charge in [-0.2, -0.15) is 0 Å². The van der Waals surface area contributed by atoms with Crippen LogP contribution in [0.2, 0.25) is 0 Å². The monoisotopic (exact) mass is 174 g/mol. The van der Waals surface area contributed by atoms with Crippen molar-refractivity contribution in [1.29, 1.82) is 0 Å². The van der Waals surface area contributed by atoms with Gasteiger partial charge >= 0.3 is 5.97 Å². The predicted molar refractivity (Wildman–Crippen MR) is 47.1 cm³/mol. The molecule has 72 valence electrons. The zero-order valence-corrected chi connectivity index (χ0v) is 8.09. The fourth-order valence-corrected chi connectivity index (χ4v) is 1.19. The van der Waals surface area contributed by atoms with Crippen LogP contribution in [0.1, 0.15) is 33.1 Å². The van der Waals surface area contributed by atoms with Crippen LogP contribution in [-0.4, -0.2) is 24.8 Å². The summed E-state index contributed by atoms with van der Waals surface area (Å²) in [5, 5.41) is 8.57. The predicted octanol–water partition coefficient (Wildman–Crippen LogP) is 1.91. The normalized spacial score (nSPS) is 11.6. The molecule has 0 radical (unpaired) electrons. The molecule has 0 unspecified atom stereocenters. The standard InChI is InChI=1S/C9H18O3/c1-9(2,7-8(10)11)5-4-6-12-3/h4-7H2,1-3H3,(H,10,11). The van der Waals surface area contributed by atoms with Gasteiger partial charge in [0.2, 0.25) is 0 Å². The molecule has 0 aromatic carbocycles. The van der Waals surface area contributed by atoms with Crippen LogP contribution in [0.5, 0.6) is 0 Å². The van der Waals surface area contributed by atoms with Crippen LogP contribution in [0, 0.1) is 5.41 Å². The summed E-state index contributed by atoms with van der Waals surface area (Å²) in [6, 6.07) is 0. The van der Waals surface area contributed by atoms with Crippen LogP contribution < -0.4 is 0 Å². The molecule has 0 heterocycles. The average Bonchev–Trinajstić information content (AvgIpc) is 1.84. The Kier molecular flexibility index (Phi) is 4.90. The Morgan fingerprint density at radius 1 is 1.50 bits per heavy atom. The number of methoxy groups -OCH3 is 1. The van der Waals surface area contributed by atoms with Crippen molar-refractivity contribution in [2.75, 3.05) is 13.7 Å². The summed E-state index contributed by atoms with van der Waals surface area (Å²) in [5.74, 6) is -0.725. The van der Waals surface area contributed by atoms with Crippen molar-refractivity contribution in [3.63, 3.8) is 0 Å². The molecule has 1 N–H and O–H groups in total. The minimum Gasteiger partial charge on any atom is -0.481 e. The summed E-state index contributed by atoms with van der Waals surface area (Å²) < 4.78 is 4.89. The maximum absolute atomic E-state index is 10.4. The van der Waals surface area contributed by atoms with Gasteiger partial charge in [0.25, 0.3) is 0 Å². The molecule has 0 aliphatic carbocycles. The third kappa shape index (κ3) is 6.16. The summed E-state index contributed by atoms with van der Waals surface area (Å²) in [6.45, 7) is 4.65. The van der Waals surface area contributed by atoms with E-state index < -0.39 is 5.97 Å². The van der Waals surface area contributed by atoms with E-state index in [4.69, 9.17) is 9.84 Å². The second-order valence-electron chi connectivity index (χ2n) is 3.83. The molecule has 0 saturated heterocycles. The molecule has 0 aliphatic rings. The molecule has 12 heavy (non-hydrogen) atoms. The van der Waals surface area contributed by atoms with E-state index in [0.717, 1.165) is 12.8 Å². The van der Waals surface area contributed by atoms with Crippen molar-refractivity contribution in [3.05, 3.63) is 0 Å². The van der Waals surface area contributed by atoms with Gasteiger partial charge in [0.05, 0.1) is 6.42 Å². The van der Waals surface area contributed by atoms with Gasteiger partial charge in [-0.1, -0.05) is 13.8 Å². The first-order valence-electron chi connectivity index (χ1n) is 4.19. The lowest BCUT2D eigenvalue weighted by molar-refractivity contribution is -0.139. The smallest absolute Gasteiger partial charge is 0.303 e. The lowest BCUT2D eigenvalue weighted by atomic mass is 9.84. The van der Waals surface area contributed by atoms with Crippen molar-refractivity contribution >= 4 is 5.97 Å². The van der Waals surface area contributed by atoms with Crippen molar-refractivity contribution in [2.24, 2.45) is 5.41 Å². The molecular weight excluding hydrogens is 156 g/mol. The van der Waals surface area contributed by atoms with Crippen molar-refractivity contribution in [2.45, 2.75) is 33.1 Å². The van der Waals surface area contributed by atoms with E-state index in [1.165, 1.54) is 0 Å². The molecule has 0 spiro atoms. The van der Waals surface area contributed by atoms with E-state index in [9.17, 15) is 4.79 Å². The van der Waals surface area contributed by atoms with Gasteiger partial charge in [0.15, 0.2) is 0 Å². The number of ether oxygens (including phenoxy) is 1. The Balaban J connectivity index is 3.63. The van der Waals surface area contributed by atoms with E-state index >= 15 is 0 Å². The molecule has 3 nitrogen and oxygen atoms in total. The first-order valence-corrected chi connectivity index (χ1v) is 4.19. The Hall–Kier alpha value is -0.570. The van der Waals surface area contributed by atoms with E-state index in [-0.39, 0.29) is 11.8 Å². The molecule has 0 aromatic heterocycles. The fourth-order valence-electron chi connectivity index (χ4n) is 1.19. The second-order valence-corrected chi connectivity index (χ2v) is 3.83. The van der Waals surface area contributed by atoms with Gasteiger partial charge in [-0.25, -0.2) is 0 Å². The summed E-state index contributed by atoms with van der Waals surface area (Å²) in [5.41, 5.74) is -0.107. The summed E-state index contributed by atoms with van der Waals surface area (Å²) in [4.78, 5) is 10.4. The number of hydrogen-bond donors (Lipinski definition) is 1. The third-order valence-electron chi connectivity index (χ3n) is 1.83.